The topological polar surface area (TPSA) is 72.9 Å². The highest BCUT2D eigenvalue weighted by molar-refractivity contribution is 7.87. The van der Waals surface area contributed by atoms with E-state index in [0.29, 0.717) is 32.7 Å². The highest BCUT2D eigenvalue weighted by atomic mass is 32.2. The molecule has 1 aliphatic rings. The summed E-state index contributed by atoms with van der Waals surface area (Å²) in [4.78, 5) is 2.09. The lowest BCUT2D eigenvalue weighted by molar-refractivity contribution is 0.202. The van der Waals surface area contributed by atoms with Crippen molar-refractivity contribution in [3.63, 3.8) is 0 Å². The van der Waals surface area contributed by atoms with Gasteiger partial charge in [-0.3, -0.25) is 4.90 Å². The Morgan fingerprint density at radius 3 is 2.65 bits per heavy atom. The zero-order chi connectivity index (χ0) is 12.7. The second-order valence-corrected chi connectivity index (χ2v) is 5.97. The fraction of sp³-hybridized carbons (Fsp3) is 1.00. The lowest BCUT2D eigenvalue weighted by atomic mass is 10.4. The van der Waals surface area contributed by atoms with E-state index in [2.05, 4.69) is 9.62 Å². The van der Waals surface area contributed by atoms with Crippen LogP contribution < -0.4 is 4.72 Å². The largest absolute Gasteiger partial charge is 0.395 e. The highest BCUT2D eigenvalue weighted by Gasteiger charge is 2.24. The van der Waals surface area contributed by atoms with Gasteiger partial charge < -0.3 is 5.11 Å². The Bertz CT molecular complexity index is 308. The van der Waals surface area contributed by atoms with E-state index in [1.165, 1.54) is 4.31 Å². The second-order valence-electron chi connectivity index (χ2n) is 4.22. The van der Waals surface area contributed by atoms with Crippen LogP contribution in [0.15, 0.2) is 0 Å². The Morgan fingerprint density at radius 2 is 2.00 bits per heavy atom. The number of aliphatic hydroxyl groups excluding tert-OH is 1. The second kappa shape index (κ2) is 7.27. The Morgan fingerprint density at radius 1 is 1.24 bits per heavy atom. The molecule has 0 atom stereocenters. The van der Waals surface area contributed by atoms with Gasteiger partial charge in [0.2, 0.25) is 0 Å². The van der Waals surface area contributed by atoms with Gasteiger partial charge in [-0.15, -0.1) is 0 Å². The van der Waals surface area contributed by atoms with Gasteiger partial charge in [-0.25, -0.2) is 4.72 Å². The van der Waals surface area contributed by atoms with Crippen LogP contribution in [0.25, 0.3) is 0 Å². The van der Waals surface area contributed by atoms with Gasteiger partial charge in [0.25, 0.3) is 10.2 Å². The summed E-state index contributed by atoms with van der Waals surface area (Å²) in [6.45, 7) is 5.76. The predicted molar refractivity (Wildman–Crippen MR) is 66.9 cm³/mol. The van der Waals surface area contributed by atoms with Crippen molar-refractivity contribution in [3.8, 4) is 0 Å². The van der Waals surface area contributed by atoms with Gasteiger partial charge in [0, 0.05) is 32.7 Å². The quantitative estimate of drug-likeness (QED) is 0.661. The Labute approximate surface area is 104 Å². The molecule has 0 aromatic heterocycles. The average molecular weight is 265 g/mol. The molecule has 0 aliphatic carbocycles. The van der Waals surface area contributed by atoms with Gasteiger partial charge >= 0.3 is 0 Å². The van der Waals surface area contributed by atoms with Crippen molar-refractivity contribution in [3.05, 3.63) is 0 Å². The molecule has 7 heteroatoms. The number of hydrogen-bond donors (Lipinski definition) is 2. The predicted octanol–water partition coefficient (Wildman–Crippen LogP) is -0.769. The average Bonchev–Trinajstić information content (AvgIpc) is 2.53. The Hall–Kier alpha value is -0.210. The molecule has 0 aromatic carbocycles. The first kappa shape index (κ1) is 14.8. The van der Waals surface area contributed by atoms with Crippen LogP contribution in [-0.4, -0.2) is 68.6 Å². The Balaban J connectivity index is 2.50. The normalized spacial score (nSPS) is 20.4. The summed E-state index contributed by atoms with van der Waals surface area (Å²) in [7, 11) is -3.31. The number of nitrogens with one attached hydrogen (secondary N) is 1. The number of rotatable bonds is 6. The highest BCUT2D eigenvalue weighted by Crippen LogP contribution is 2.06. The van der Waals surface area contributed by atoms with Gasteiger partial charge in [0.1, 0.15) is 0 Å². The maximum absolute atomic E-state index is 11.9. The molecule has 0 aromatic rings. The molecule has 0 amide bonds. The third-order valence-electron chi connectivity index (χ3n) is 2.84. The molecule has 0 bridgehead atoms. The first-order valence-corrected chi connectivity index (χ1v) is 7.62. The van der Waals surface area contributed by atoms with E-state index in [-0.39, 0.29) is 6.61 Å². The minimum Gasteiger partial charge on any atom is -0.395 e. The van der Waals surface area contributed by atoms with Crippen molar-refractivity contribution in [2.45, 2.75) is 19.8 Å². The molecule has 1 heterocycles. The van der Waals surface area contributed by atoms with Crippen LogP contribution in [0.4, 0.5) is 0 Å². The van der Waals surface area contributed by atoms with Crippen molar-refractivity contribution < 1.29 is 13.5 Å². The number of aliphatic hydroxyl groups is 1. The van der Waals surface area contributed by atoms with Gasteiger partial charge in [-0.2, -0.15) is 12.7 Å². The van der Waals surface area contributed by atoms with Crippen molar-refractivity contribution in [2.24, 2.45) is 0 Å². The SMILES string of the molecule is CCCNS(=O)(=O)N1CCCN(CCO)CC1. The van der Waals surface area contributed by atoms with E-state index in [9.17, 15) is 8.42 Å². The molecule has 17 heavy (non-hydrogen) atoms. The van der Waals surface area contributed by atoms with E-state index in [4.69, 9.17) is 5.11 Å². The van der Waals surface area contributed by atoms with Gasteiger partial charge in [-0.1, -0.05) is 6.92 Å². The van der Waals surface area contributed by atoms with Crippen LogP contribution in [-0.2, 0) is 10.2 Å². The molecule has 102 valence electrons. The molecule has 0 radical (unpaired) electrons. The fourth-order valence-electron chi connectivity index (χ4n) is 1.87. The fourth-order valence-corrected chi connectivity index (χ4v) is 3.21. The summed E-state index contributed by atoms with van der Waals surface area (Å²) >= 11 is 0. The van der Waals surface area contributed by atoms with Gasteiger partial charge in [0.05, 0.1) is 6.61 Å². The molecule has 1 aliphatic heterocycles. The summed E-state index contributed by atoms with van der Waals surface area (Å²) in [6.07, 6.45) is 1.61. The first-order chi connectivity index (χ1) is 8.10. The minimum absolute atomic E-state index is 0.126. The summed E-state index contributed by atoms with van der Waals surface area (Å²) in [5.74, 6) is 0. The molecule has 1 saturated heterocycles. The molecule has 6 nitrogen and oxygen atoms in total. The molecule has 0 spiro atoms. The zero-order valence-corrected chi connectivity index (χ0v) is 11.2. The standard InChI is InChI=1S/C10H23N3O3S/c1-2-4-11-17(15,16)13-6-3-5-12(7-8-13)9-10-14/h11,14H,2-10H2,1H3. The molecule has 0 saturated carbocycles. The van der Waals surface area contributed by atoms with E-state index in [0.717, 1.165) is 19.4 Å². The van der Waals surface area contributed by atoms with Crippen LogP contribution in [0.2, 0.25) is 0 Å². The monoisotopic (exact) mass is 265 g/mol. The van der Waals surface area contributed by atoms with Crippen molar-refractivity contribution >= 4 is 10.2 Å². The van der Waals surface area contributed by atoms with Crippen molar-refractivity contribution in [2.75, 3.05) is 45.9 Å². The van der Waals surface area contributed by atoms with Crippen LogP contribution in [0.3, 0.4) is 0 Å². The Kier molecular flexibility index (Phi) is 6.35. The number of nitrogens with zero attached hydrogens (tertiary/aromatic N) is 2. The third kappa shape index (κ3) is 4.89. The lowest BCUT2D eigenvalue weighted by Crippen LogP contribution is -2.43. The van der Waals surface area contributed by atoms with Gasteiger partial charge in [-0.05, 0) is 19.4 Å². The smallest absolute Gasteiger partial charge is 0.279 e. The lowest BCUT2D eigenvalue weighted by Gasteiger charge is -2.21. The summed E-state index contributed by atoms with van der Waals surface area (Å²) in [6, 6.07) is 0. The van der Waals surface area contributed by atoms with E-state index in [1.54, 1.807) is 0 Å². The summed E-state index contributed by atoms with van der Waals surface area (Å²) < 4.78 is 27.9. The number of hydrogen-bond acceptors (Lipinski definition) is 4. The maximum Gasteiger partial charge on any atom is 0.279 e. The zero-order valence-electron chi connectivity index (χ0n) is 10.4. The molecule has 0 unspecified atom stereocenters. The van der Waals surface area contributed by atoms with E-state index in [1.807, 2.05) is 6.92 Å². The van der Waals surface area contributed by atoms with Crippen molar-refractivity contribution in [1.82, 2.24) is 13.9 Å². The summed E-state index contributed by atoms with van der Waals surface area (Å²) in [5, 5.41) is 8.87. The van der Waals surface area contributed by atoms with Crippen molar-refractivity contribution in [1.29, 1.82) is 0 Å². The van der Waals surface area contributed by atoms with Crippen LogP contribution >= 0.6 is 0 Å². The van der Waals surface area contributed by atoms with E-state index < -0.39 is 10.2 Å². The first-order valence-electron chi connectivity index (χ1n) is 6.18. The van der Waals surface area contributed by atoms with E-state index >= 15 is 0 Å². The minimum atomic E-state index is -3.31. The molecule has 1 fully saturated rings. The van der Waals surface area contributed by atoms with Crippen LogP contribution in [0.1, 0.15) is 19.8 Å². The summed E-state index contributed by atoms with van der Waals surface area (Å²) in [5.41, 5.74) is 0. The van der Waals surface area contributed by atoms with Crippen LogP contribution in [0.5, 0.6) is 0 Å². The third-order valence-corrected chi connectivity index (χ3v) is 4.45. The molecular weight excluding hydrogens is 242 g/mol. The van der Waals surface area contributed by atoms with Crippen LogP contribution in [0, 0.1) is 0 Å². The molecule has 1 rings (SSSR count). The molecular formula is C10H23N3O3S. The van der Waals surface area contributed by atoms with Gasteiger partial charge in [0.15, 0.2) is 0 Å². The number of β-amino-alcohol motifs (C(OH)–C–C–N with tert-alkyl or cyclic N) is 1. The maximum atomic E-state index is 11.9. The molecule has 2 N–H and O–H groups in total.